The van der Waals surface area contributed by atoms with Crippen LogP contribution in [-0.4, -0.2) is 0 Å². The zero-order valence-electron chi connectivity index (χ0n) is 19.9. The second-order valence-corrected chi connectivity index (χ2v) is 8.85. The number of rotatable bonds is 5. The summed E-state index contributed by atoms with van der Waals surface area (Å²) in [6.45, 7) is 0. The third kappa shape index (κ3) is 3.99. The van der Waals surface area contributed by atoms with Gasteiger partial charge in [-0.25, -0.2) is 0 Å². The quantitative estimate of drug-likeness (QED) is 0.259. The summed E-state index contributed by atoms with van der Waals surface area (Å²) in [5.41, 5.74) is 15.0. The Morgan fingerprint density at radius 1 is 0.417 bits per heavy atom. The molecule has 0 fully saturated rings. The maximum absolute atomic E-state index is 6.33. The summed E-state index contributed by atoms with van der Waals surface area (Å²) < 4.78 is 0. The van der Waals surface area contributed by atoms with Gasteiger partial charge < -0.3 is 10.6 Å². The molecule has 0 saturated carbocycles. The molecule has 36 heavy (non-hydrogen) atoms. The molecule has 6 rings (SSSR count). The standard InChI is InChI=1S/C34H26N2/c35-33-19-9-8-18-32(33)31-17-7-6-15-29(31)26-21-23-28(24-22-26)36(27-13-2-1-3-14-27)34-20-10-12-25-11-4-5-16-30(25)34/h1-24H,35H2. The van der Waals surface area contributed by atoms with E-state index in [1.165, 1.54) is 16.3 Å². The molecule has 2 nitrogen and oxygen atoms in total. The molecular formula is C34H26N2. The largest absolute Gasteiger partial charge is 0.398 e. The average Bonchev–Trinajstić information content (AvgIpc) is 2.95. The molecule has 0 heterocycles. The molecule has 0 unspecified atom stereocenters. The van der Waals surface area contributed by atoms with E-state index >= 15 is 0 Å². The lowest BCUT2D eigenvalue weighted by atomic mass is 9.93. The zero-order chi connectivity index (χ0) is 24.3. The van der Waals surface area contributed by atoms with E-state index in [1.807, 2.05) is 18.2 Å². The van der Waals surface area contributed by atoms with E-state index in [0.29, 0.717) is 0 Å². The van der Waals surface area contributed by atoms with Crippen molar-refractivity contribution in [2.45, 2.75) is 0 Å². The molecular weight excluding hydrogens is 436 g/mol. The highest BCUT2D eigenvalue weighted by molar-refractivity contribution is 5.99. The first kappa shape index (κ1) is 21.7. The SMILES string of the molecule is Nc1ccccc1-c1ccccc1-c1ccc(N(c2ccccc2)c2cccc3ccccc23)cc1. The Hall–Kier alpha value is -4.82. The third-order valence-electron chi connectivity index (χ3n) is 6.64. The monoisotopic (exact) mass is 462 g/mol. The molecule has 0 radical (unpaired) electrons. The molecule has 0 amide bonds. The molecule has 0 saturated heterocycles. The predicted octanol–water partition coefficient (Wildman–Crippen LogP) is 9.23. The highest BCUT2D eigenvalue weighted by atomic mass is 15.1. The molecule has 2 N–H and O–H groups in total. The maximum Gasteiger partial charge on any atom is 0.0540 e. The summed E-state index contributed by atoms with van der Waals surface area (Å²) in [7, 11) is 0. The minimum absolute atomic E-state index is 0.785. The summed E-state index contributed by atoms with van der Waals surface area (Å²) in [6, 6.07) is 50.9. The van der Waals surface area contributed by atoms with Crippen LogP contribution >= 0.6 is 0 Å². The van der Waals surface area contributed by atoms with Crippen molar-refractivity contribution in [2.24, 2.45) is 0 Å². The lowest BCUT2D eigenvalue weighted by Gasteiger charge is -2.27. The lowest BCUT2D eigenvalue weighted by Crippen LogP contribution is -2.10. The van der Waals surface area contributed by atoms with Crippen molar-refractivity contribution in [3.8, 4) is 22.3 Å². The molecule has 0 atom stereocenters. The number of para-hydroxylation sites is 2. The fourth-order valence-corrected chi connectivity index (χ4v) is 4.91. The molecule has 6 aromatic carbocycles. The van der Waals surface area contributed by atoms with Crippen LogP contribution in [0.25, 0.3) is 33.0 Å². The Morgan fingerprint density at radius 2 is 1.00 bits per heavy atom. The number of nitrogens with two attached hydrogens (primary N) is 1. The van der Waals surface area contributed by atoms with Gasteiger partial charge in [-0.2, -0.15) is 0 Å². The molecule has 0 spiro atoms. The van der Waals surface area contributed by atoms with Gasteiger partial charge in [-0.3, -0.25) is 0 Å². The Balaban J connectivity index is 1.47. The molecule has 2 heteroatoms. The minimum atomic E-state index is 0.785. The van der Waals surface area contributed by atoms with Gasteiger partial charge in [0.25, 0.3) is 0 Å². The van der Waals surface area contributed by atoms with Crippen LogP contribution < -0.4 is 10.6 Å². The Labute approximate surface area is 211 Å². The van der Waals surface area contributed by atoms with E-state index in [1.54, 1.807) is 0 Å². The Bertz CT molecular complexity index is 1630. The summed E-state index contributed by atoms with van der Waals surface area (Å²) in [4.78, 5) is 2.33. The topological polar surface area (TPSA) is 29.3 Å². The van der Waals surface area contributed by atoms with Crippen LogP contribution in [0.4, 0.5) is 22.7 Å². The van der Waals surface area contributed by atoms with Crippen LogP contribution in [0.15, 0.2) is 146 Å². The summed E-state index contributed by atoms with van der Waals surface area (Å²) >= 11 is 0. The smallest absolute Gasteiger partial charge is 0.0540 e. The van der Waals surface area contributed by atoms with Gasteiger partial charge in [0, 0.05) is 28.0 Å². The van der Waals surface area contributed by atoms with Gasteiger partial charge >= 0.3 is 0 Å². The van der Waals surface area contributed by atoms with Crippen molar-refractivity contribution in [2.75, 3.05) is 10.6 Å². The molecule has 0 aliphatic carbocycles. The first-order chi connectivity index (χ1) is 17.8. The van der Waals surface area contributed by atoms with Crippen LogP contribution in [0.3, 0.4) is 0 Å². The van der Waals surface area contributed by atoms with Crippen LogP contribution in [0, 0.1) is 0 Å². The van der Waals surface area contributed by atoms with E-state index in [2.05, 4.69) is 132 Å². The number of hydrogen-bond donors (Lipinski definition) is 1. The number of benzene rings is 6. The Kier molecular flexibility index (Phi) is 5.69. The van der Waals surface area contributed by atoms with E-state index < -0.39 is 0 Å². The van der Waals surface area contributed by atoms with Crippen LogP contribution in [0.2, 0.25) is 0 Å². The number of nitrogens with zero attached hydrogens (tertiary/aromatic N) is 1. The van der Waals surface area contributed by atoms with Crippen LogP contribution in [0.5, 0.6) is 0 Å². The first-order valence-electron chi connectivity index (χ1n) is 12.2. The maximum atomic E-state index is 6.33. The molecule has 0 aliphatic heterocycles. The molecule has 0 aromatic heterocycles. The molecule has 0 bridgehead atoms. The average molecular weight is 463 g/mol. The van der Waals surface area contributed by atoms with Gasteiger partial charge in [0.1, 0.15) is 0 Å². The molecule has 0 aliphatic rings. The van der Waals surface area contributed by atoms with Crippen molar-refractivity contribution in [3.05, 3.63) is 146 Å². The number of nitrogen functional groups attached to an aromatic ring is 1. The lowest BCUT2D eigenvalue weighted by molar-refractivity contribution is 1.30. The molecule has 6 aromatic rings. The van der Waals surface area contributed by atoms with E-state index in [9.17, 15) is 0 Å². The van der Waals surface area contributed by atoms with Gasteiger partial charge in [0.05, 0.1) is 5.69 Å². The van der Waals surface area contributed by atoms with Gasteiger partial charge in [0.15, 0.2) is 0 Å². The summed E-state index contributed by atoms with van der Waals surface area (Å²) in [5, 5.41) is 2.44. The highest BCUT2D eigenvalue weighted by Crippen LogP contribution is 2.40. The van der Waals surface area contributed by atoms with Gasteiger partial charge in [-0.05, 0) is 58.5 Å². The van der Waals surface area contributed by atoms with Crippen molar-refractivity contribution in [3.63, 3.8) is 0 Å². The normalized spacial score (nSPS) is 10.9. The van der Waals surface area contributed by atoms with E-state index in [4.69, 9.17) is 5.73 Å². The summed E-state index contributed by atoms with van der Waals surface area (Å²) in [5.74, 6) is 0. The zero-order valence-corrected chi connectivity index (χ0v) is 19.9. The van der Waals surface area contributed by atoms with Crippen molar-refractivity contribution >= 4 is 33.5 Å². The minimum Gasteiger partial charge on any atom is -0.398 e. The summed E-state index contributed by atoms with van der Waals surface area (Å²) in [6.07, 6.45) is 0. The molecule has 172 valence electrons. The van der Waals surface area contributed by atoms with Gasteiger partial charge in [0.2, 0.25) is 0 Å². The van der Waals surface area contributed by atoms with Crippen molar-refractivity contribution in [1.82, 2.24) is 0 Å². The predicted molar refractivity (Wildman–Crippen MR) is 154 cm³/mol. The second kappa shape index (κ2) is 9.44. The van der Waals surface area contributed by atoms with Crippen molar-refractivity contribution in [1.29, 1.82) is 0 Å². The third-order valence-corrected chi connectivity index (χ3v) is 6.64. The highest BCUT2D eigenvalue weighted by Gasteiger charge is 2.16. The van der Waals surface area contributed by atoms with Gasteiger partial charge in [-0.15, -0.1) is 0 Å². The fourth-order valence-electron chi connectivity index (χ4n) is 4.91. The number of fused-ring (bicyclic) bond motifs is 1. The second-order valence-electron chi connectivity index (χ2n) is 8.85. The van der Waals surface area contributed by atoms with Crippen LogP contribution in [0.1, 0.15) is 0 Å². The van der Waals surface area contributed by atoms with E-state index in [-0.39, 0.29) is 0 Å². The van der Waals surface area contributed by atoms with E-state index in [0.717, 1.165) is 39.4 Å². The fraction of sp³-hybridized carbons (Fsp3) is 0. The number of hydrogen-bond acceptors (Lipinski definition) is 2. The van der Waals surface area contributed by atoms with Gasteiger partial charge in [-0.1, -0.05) is 109 Å². The van der Waals surface area contributed by atoms with Crippen LogP contribution in [-0.2, 0) is 0 Å². The number of anilines is 4. The first-order valence-corrected chi connectivity index (χ1v) is 12.2. The Morgan fingerprint density at radius 3 is 1.78 bits per heavy atom. The van der Waals surface area contributed by atoms with Crippen molar-refractivity contribution < 1.29 is 0 Å².